The van der Waals surface area contributed by atoms with E-state index in [2.05, 4.69) is 6.55 Å². The Morgan fingerprint density at radius 3 is 2.69 bits per heavy atom. The van der Waals surface area contributed by atoms with Crippen molar-refractivity contribution in [2.75, 3.05) is 13.2 Å². The number of allylic oxidation sites excluding steroid dienone is 1. The highest BCUT2D eigenvalue weighted by Crippen LogP contribution is 2.05. The third-order valence-corrected chi connectivity index (χ3v) is 4.38. The predicted octanol–water partition coefficient (Wildman–Crippen LogP) is 2.67. The van der Waals surface area contributed by atoms with Crippen molar-refractivity contribution in [1.82, 2.24) is 0 Å². The van der Waals surface area contributed by atoms with E-state index < -0.39 is 9.04 Å². The molecule has 16 heavy (non-hydrogen) atoms. The van der Waals surface area contributed by atoms with Crippen LogP contribution in [0.4, 0.5) is 0 Å². The standard InChI is InChI=1S/C12H24O3Si/c1-4-9-12(13)14-10-7-6-8-11-16(3)15-5-2/h4,9,16H,5-8,10-11H2,1-3H3. The second-order valence-electron chi connectivity index (χ2n) is 3.78. The van der Waals surface area contributed by atoms with Gasteiger partial charge in [0.15, 0.2) is 9.04 Å². The van der Waals surface area contributed by atoms with E-state index in [9.17, 15) is 4.79 Å². The van der Waals surface area contributed by atoms with Gasteiger partial charge in [0, 0.05) is 12.7 Å². The summed E-state index contributed by atoms with van der Waals surface area (Å²) >= 11 is 0. The molecule has 0 saturated carbocycles. The molecule has 94 valence electrons. The Kier molecular flexibility index (Phi) is 10.5. The quantitative estimate of drug-likeness (QED) is 0.271. The molecule has 0 aromatic rings. The van der Waals surface area contributed by atoms with Crippen molar-refractivity contribution < 1.29 is 14.0 Å². The molecule has 0 aliphatic carbocycles. The molecule has 1 unspecified atom stereocenters. The smallest absolute Gasteiger partial charge is 0.330 e. The molecule has 4 heteroatoms. The topological polar surface area (TPSA) is 35.5 Å². The number of carbonyl (C=O) groups is 1. The number of hydrogen-bond acceptors (Lipinski definition) is 3. The molecule has 0 spiro atoms. The van der Waals surface area contributed by atoms with E-state index in [1.54, 1.807) is 13.0 Å². The molecule has 0 heterocycles. The van der Waals surface area contributed by atoms with Gasteiger partial charge >= 0.3 is 5.97 Å². The van der Waals surface area contributed by atoms with E-state index in [1.807, 2.05) is 6.92 Å². The first-order valence-electron chi connectivity index (χ1n) is 6.11. The third-order valence-electron chi connectivity index (χ3n) is 2.25. The highest BCUT2D eigenvalue weighted by molar-refractivity contribution is 6.50. The third kappa shape index (κ3) is 9.92. The SMILES string of the molecule is CC=CC(=O)OCCCCC[SiH](C)OCC. The molecule has 0 aliphatic heterocycles. The fourth-order valence-electron chi connectivity index (χ4n) is 1.44. The van der Waals surface area contributed by atoms with Crippen LogP contribution in [0.2, 0.25) is 12.6 Å². The number of hydrogen-bond donors (Lipinski definition) is 0. The largest absolute Gasteiger partial charge is 0.463 e. The van der Waals surface area contributed by atoms with Crippen LogP contribution in [0.5, 0.6) is 0 Å². The van der Waals surface area contributed by atoms with Crippen molar-refractivity contribution in [1.29, 1.82) is 0 Å². The Hall–Kier alpha value is -0.613. The van der Waals surface area contributed by atoms with Crippen LogP contribution in [-0.4, -0.2) is 28.2 Å². The average molecular weight is 244 g/mol. The van der Waals surface area contributed by atoms with Crippen LogP contribution in [0.3, 0.4) is 0 Å². The van der Waals surface area contributed by atoms with Gasteiger partial charge in [-0.1, -0.05) is 18.9 Å². The maximum absolute atomic E-state index is 10.9. The van der Waals surface area contributed by atoms with Crippen LogP contribution in [0.15, 0.2) is 12.2 Å². The van der Waals surface area contributed by atoms with E-state index in [-0.39, 0.29) is 5.97 Å². The maximum Gasteiger partial charge on any atom is 0.330 e. The monoisotopic (exact) mass is 244 g/mol. The van der Waals surface area contributed by atoms with Gasteiger partial charge in [-0.3, -0.25) is 0 Å². The van der Waals surface area contributed by atoms with Crippen LogP contribution in [0, 0.1) is 0 Å². The minimum atomic E-state index is -0.904. The van der Waals surface area contributed by atoms with E-state index in [0.29, 0.717) is 6.61 Å². The van der Waals surface area contributed by atoms with Crippen LogP contribution in [0.1, 0.15) is 33.1 Å². The number of rotatable bonds is 9. The van der Waals surface area contributed by atoms with Gasteiger partial charge in [-0.05, 0) is 32.9 Å². The fraction of sp³-hybridized carbons (Fsp3) is 0.750. The highest BCUT2D eigenvalue weighted by Gasteiger charge is 2.03. The van der Waals surface area contributed by atoms with Crippen molar-refractivity contribution in [3.8, 4) is 0 Å². The molecule has 0 bridgehead atoms. The Labute approximate surface area is 101 Å². The Morgan fingerprint density at radius 2 is 2.06 bits per heavy atom. The summed E-state index contributed by atoms with van der Waals surface area (Å²) in [7, 11) is -0.904. The maximum atomic E-state index is 10.9. The van der Waals surface area contributed by atoms with E-state index in [1.165, 1.54) is 18.5 Å². The summed E-state index contributed by atoms with van der Waals surface area (Å²) in [5.74, 6) is -0.237. The molecular weight excluding hydrogens is 220 g/mol. The lowest BCUT2D eigenvalue weighted by Gasteiger charge is -2.09. The fourth-order valence-corrected chi connectivity index (χ4v) is 3.03. The average Bonchev–Trinajstić information content (AvgIpc) is 2.24. The first kappa shape index (κ1) is 15.4. The van der Waals surface area contributed by atoms with Gasteiger partial charge in [-0.25, -0.2) is 4.79 Å². The van der Waals surface area contributed by atoms with Gasteiger partial charge in [-0.2, -0.15) is 0 Å². The second kappa shape index (κ2) is 10.9. The summed E-state index contributed by atoms with van der Waals surface area (Å²) in [5.41, 5.74) is 0. The van der Waals surface area contributed by atoms with Gasteiger partial charge in [0.1, 0.15) is 0 Å². The first-order chi connectivity index (χ1) is 7.70. The van der Waals surface area contributed by atoms with Gasteiger partial charge in [0.05, 0.1) is 6.61 Å². The number of esters is 1. The lowest BCUT2D eigenvalue weighted by atomic mass is 10.3. The molecule has 0 aromatic carbocycles. The zero-order chi connectivity index (χ0) is 12.2. The highest BCUT2D eigenvalue weighted by atomic mass is 28.3. The minimum absolute atomic E-state index is 0.237. The molecule has 0 amide bonds. The summed E-state index contributed by atoms with van der Waals surface area (Å²) in [6.07, 6.45) is 6.40. The Balaban J connectivity index is 3.24. The van der Waals surface area contributed by atoms with E-state index >= 15 is 0 Å². The van der Waals surface area contributed by atoms with Crippen molar-refractivity contribution in [3.05, 3.63) is 12.2 Å². The normalized spacial score (nSPS) is 12.9. The Morgan fingerprint density at radius 1 is 1.31 bits per heavy atom. The number of ether oxygens (including phenoxy) is 1. The summed E-state index contributed by atoms with van der Waals surface area (Å²) in [5, 5.41) is 0. The lowest BCUT2D eigenvalue weighted by molar-refractivity contribution is -0.137. The molecule has 0 aliphatic rings. The number of unbranched alkanes of at least 4 members (excludes halogenated alkanes) is 2. The molecule has 0 aromatic heterocycles. The van der Waals surface area contributed by atoms with Crippen molar-refractivity contribution in [2.24, 2.45) is 0 Å². The molecule has 0 fully saturated rings. The molecule has 3 nitrogen and oxygen atoms in total. The van der Waals surface area contributed by atoms with Gasteiger partial charge in [-0.15, -0.1) is 0 Å². The molecule has 1 atom stereocenters. The van der Waals surface area contributed by atoms with Gasteiger partial charge in [0.2, 0.25) is 0 Å². The van der Waals surface area contributed by atoms with E-state index in [0.717, 1.165) is 19.4 Å². The predicted molar refractivity (Wildman–Crippen MR) is 69.1 cm³/mol. The molecule has 0 rings (SSSR count). The first-order valence-corrected chi connectivity index (χ1v) is 8.56. The van der Waals surface area contributed by atoms with Crippen LogP contribution < -0.4 is 0 Å². The Bertz CT molecular complexity index is 204. The number of carbonyl (C=O) groups excluding carboxylic acids is 1. The zero-order valence-electron chi connectivity index (χ0n) is 10.7. The van der Waals surface area contributed by atoms with Crippen molar-refractivity contribution in [3.63, 3.8) is 0 Å². The van der Waals surface area contributed by atoms with Gasteiger partial charge in [0.25, 0.3) is 0 Å². The van der Waals surface area contributed by atoms with Crippen LogP contribution in [-0.2, 0) is 14.0 Å². The summed E-state index contributed by atoms with van der Waals surface area (Å²) in [6.45, 7) is 7.46. The van der Waals surface area contributed by atoms with Crippen LogP contribution in [0.25, 0.3) is 0 Å². The zero-order valence-corrected chi connectivity index (χ0v) is 11.9. The van der Waals surface area contributed by atoms with E-state index in [4.69, 9.17) is 9.16 Å². The summed E-state index contributed by atoms with van der Waals surface area (Å²) in [6, 6.07) is 1.22. The van der Waals surface area contributed by atoms with Crippen molar-refractivity contribution in [2.45, 2.75) is 45.7 Å². The molecular formula is C12H24O3Si. The summed E-state index contributed by atoms with van der Waals surface area (Å²) < 4.78 is 10.6. The van der Waals surface area contributed by atoms with Crippen LogP contribution >= 0.6 is 0 Å². The minimum Gasteiger partial charge on any atom is -0.463 e. The molecule has 0 radical (unpaired) electrons. The molecule has 0 N–H and O–H groups in total. The molecule has 0 saturated heterocycles. The lowest BCUT2D eigenvalue weighted by Crippen LogP contribution is -2.12. The van der Waals surface area contributed by atoms with Gasteiger partial charge < -0.3 is 9.16 Å². The second-order valence-corrected chi connectivity index (χ2v) is 6.31. The summed E-state index contributed by atoms with van der Waals surface area (Å²) in [4.78, 5) is 10.9. The van der Waals surface area contributed by atoms with Crippen molar-refractivity contribution >= 4 is 15.0 Å².